The molecule has 0 aromatic rings. The lowest BCUT2D eigenvalue weighted by Gasteiger charge is -1.91. The minimum absolute atomic E-state index is 0.558. The monoisotopic (exact) mass is 228 g/mol. The minimum atomic E-state index is 0.558. The van der Waals surface area contributed by atoms with Crippen LogP contribution in [0.25, 0.3) is 0 Å². The van der Waals surface area contributed by atoms with Crippen molar-refractivity contribution in [1.29, 1.82) is 0 Å². The van der Waals surface area contributed by atoms with Crippen molar-refractivity contribution in [2.45, 2.75) is 15.4 Å². The third kappa shape index (κ3) is 5.49. The van der Waals surface area contributed by atoms with Crippen LogP contribution in [0.1, 0.15) is 6.42 Å². The Morgan fingerprint density at radius 1 is 1.50 bits per heavy atom. The summed E-state index contributed by atoms with van der Waals surface area (Å²) < 4.78 is 0.558. The number of alkyl halides is 2. The molecule has 6 heavy (non-hydrogen) atoms. The van der Waals surface area contributed by atoms with Crippen LogP contribution in [-0.4, -0.2) is 20.0 Å². The molecule has 0 aromatic heterocycles. The van der Waals surface area contributed by atoms with Crippen LogP contribution in [-0.2, 0) is 0 Å². The van der Waals surface area contributed by atoms with Crippen molar-refractivity contribution >= 4 is 48.2 Å². The van der Waals surface area contributed by atoms with E-state index in [0.717, 1.165) is 0 Å². The molecular formula is C3H7AlBr2. The fraction of sp³-hybridized carbons (Fsp3) is 1.00. The van der Waals surface area contributed by atoms with Crippen molar-refractivity contribution in [2.75, 3.05) is 0 Å². The quantitative estimate of drug-likeness (QED) is 0.498. The van der Waals surface area contributed by atoms with Crippen LogP contribution in [0.15, 0.2) is 0 Å². The predicted molar refractivity (Wildman–Crippen MR) is 39.6 cm³/mol. The molecule has 0 saturated carbocycles. The third-order valence-electron chi connectivity index (χ3n) is 0.507. The Morgan fingerprint density at radius 3 is 2.00 bits per heavy atom. The molecule has 0 rings (SSSR count). The molecular weight excluding hydrogens is 223 g/mol. The van der Waals surface area contributed by atoms with E-state index in [1.165, 1.54) is 28.0 Å². The molecule has 0 aliphatic heterocycles. The first-order valence-electron chi connectivity index (χ1n) is 2.05. The van der Waals surface area contributed by atoms with Gasteiger partial charge in [-0.3, -0.25) is 0 Å². The van der Waals surface area contributed by atoms with Gasteiger partial charge in [0.15, 0.2) is 0 Å². The van der Waals surface area contributed by atoms with E-state index in [4.69, 9.17) is 0 Å². The second-order valence-electron chi connectivity index (χ2n) is 1.18. The largest absolute Gasteiger partial charge is 0.211 e. The highest BCUT2D eigenvalue weighted by Crippen LogP contribution is 2.12. The first kappa shape index (κ1) is 7.49. The van der Waals surface area contributed by atoms with Gasteiger partial charge >= 0.3 is 0 Å². The van der Waals surface area contributed by atoms with Crippen LogP contribution >= 0.6 is 31.9 Å². The van der Waals surface area contributed by atoms with E-state index in [2.05, 4.69) is 31.9 Å². The highest BCUT2D eigenvalue weighted by molar-refractivity contribution is 9.24. The van der Waals surface area contributed by atoms with Crippen LogP contribution in [0.4, 0.5) is 0 Å². The van der Waals surface area contributed by atoms with Gasteiger partial charge in [-0.1, -0.05) is 37.1 Å². The zero-order chi connectivity index (χ0) is 4.99. The Kier molecular flexibility index (Phi) is 5.80. The summed E-state index contributed by atoms with van der Waals surface area (Å²) in [7, 11) is 0. The Hall–Kier alpha value is 1.49. The first-order valence-corrected chi connectivity index (χ1v) is 5.30. The second-order valence-corrected chi connectivity index (χ2v) is 5.62. The van der Waals surface area contributed by atoms with Crippen LogP contribution in [0.5, 0.6) is 0 Å². The number of halogens is 2. The van der Waals surface area contributed by atoms with Crippen molar-refractivity contribution in [3.05, 3.63) is 0 Å². The normalized spacial score (nSPS) is 9.83. The molecule has 0 aliphatic rings. The van der Waals surface area contributed by atoms with E-state index in [0.29, 0.717) is 3.74 Å². The van der Waals surface area contributed by atoms with Crippen LogP contribution in [0.2, 0.25) is 5.28 Å². The molecule has 0 radical (unpaired) electrons. The maximum atomic E-state index is 3.37. The van der Waals surface area contributed by atoms with E-state index in [9.17, 15) is 0 Å². The fourth-order valence-corrected chi connectivity index (χ4v) is 3.40. The lowest BCUT2D eigenvalue weighted by Crippen LogP contribution is -1.80. The molecule has 3 heteroatoms. The van der Waals surface area contributed by atoms with Crippen LogP contribution in [0.3, 0.4) is 0 Å². The van der Waals surface area contributed by atoms with E-state index >= 15 is 0 Å². The summed E-state index contributed by atoms with van der Waals surface area (Å²) in [6.45, 7) is 0. The third-order valence-corrected chi connectivity index (χ3v) is 2.00. The maximum absolute atomic E-state index is 3.37. The summed E-state index contributed by atoms with van der Waals surface area (Å²) in [5.74, 6) is 0. The highest BCUT2D eigenvalue weighted by atomic mass is 79.9. The summed E-state index contributed by atoms with van der Waals surface area (Å²) in [5, 5.41) is 1.38. The van der Waals surface area contributed by atoms with Gasteiger partial charge in [-0.15, -0.1) is 0 Å². The van der Waals surface area contributed by atoms with Gasteiger partial charge in [-0.2, -0.15) is 0 Å². The zero-order valence-electron chi connectivity index (χ0n) is 3.75. The lowest BCUT2D eigenvalue weighted by molar-refractivity contribution is 1.08. The summed E-state index contributed by atoms with van der Waals surface area (Å²) >= 11 is 8.07. The summed E-state index contributed by atoms with van der Waals surface area (Å²) in [4.78, 5) is 0. The minimum Gasteiger partial charge on any atom is -0.0993 e. The van der Waals surface area contributed by atoms with Crippen LogP contribution in [0, 0.1) is 0 Å². The molecule has 0 bridgehead atoms. The number of hydrogen-bond acceptors (Lipinski definition) is 0. The Morgan fingerprint density at radius 2 is 2.00 bits per heavy atom. The van der Waals surface area contributed by atoms with E-state index in [-0.39, 0.29) is 0 Å². The topological polar surface area (TPSA) is 0 Å². The SMILES string of the molecule is [AlH2][CH2]CC(Br)Br. The summed E-state index contributed by atoms with van der Waals surface area (Å²) in [6.07, 6.45) is 1.27. The van der Waals surface area contributed by atoms with E-state index in [1.807, 2.05) is 0 Å². The molecule has 0 amide bonds. The van der Waals surface area contributed by atoms with E-state index < -0.39 is 0 Å². The number of rotatable bonds is 2. The molecule has 0 N–H and O–H groups in total. The Labute approximate surface area is 63.4 Å². The molecule has 0 aliphatic carbocycles. The molecule has 0 heterocycles. The predicted octanol–water partition coefficient (Wildman–Crippen LogP) is 1.54. The standard InChI is InChI=1S/C3H5Br2.Al.2H/c1-2-3(4)5;;;/h3H,1-2H2;;;. The average Bonchev–Trinajstić information content (AvgIpc) is 1.35. The van der Waals surface area contributed by atoms with Gasteiger partial charge < -0.3 is 0 Å². The fourth-order valence-electron chi connectivity index (χ4n) is 0.218. The molecule has 36 valence electrons. The van der Waals surface area contributed by atoms with Crippen molar-refractivity contribution in [3.8, 4) is 0 Å². The van der Waals surface area contributed by atoms with Crippen molar-refractivity contribution in [1.82, 2.24) is 0 Å². The van der Waals surface area contributed by atoms with E-state index in [1.54, 1.807) is 0 Å². The Bertz CT molecular complexity index is 30.0. The molecule has 0 unspecified atom stereocenters. The highest BCUT2D eigenvalue weighted by Gasteiger charge is 1.90. The smallest absolute Gasteiger partial charge is 0.0993 e. The van der Waals surface area contributed by atoms with Gasteiger partial charge in [0, 0.05) is 0 Å². The molecule has 0 fully saturated rings. The lowest BCUT2D eigenvalue weighted by atomic mass is 10.6. The van der Waals surface area contributed by atoms with Gasteiger partial charge in [0.2, 0.25) is 16.3 Å². The zero-order valence-corrected chi connectivity index (χ0v) is 8.92. The van der Waals surface area contributed by atoms with Crippen molar-refractivity contribution in [2.24, 2.45) is 0 Å². The molecule has 0 saturated heterocycles. The molecule has 0 atom stereocenters. The second kappa shape index (κ2) is 4.65. The van der Waals surface area contributed by atoms with Gasteiger partial charge in [0.1, 0.15) is 0 Å². The van der Waals surface area contributed by atoms with Gasteiger partial charge in [-0.25, -0.2) is 0 Å². The van der Waals surface area contributed by atoms with Gasteiger partial charge in [-0.05, 0) is 6.42 Å². The summed E-state index contributed by atoms with van der Waals surface area (Å²) in [6, 6.07) is 0. The summed E-state index contributed by atoms with van der Waals surface area (Å²) in [5.41, 5.74) is 0. The molecule has 0 spiro atoms. The van der Waals surface area contributed by atoms with Gasteiger partial charge in [0.05, 0.1) is 3.74 Å². The van der Waals surface area contributed by atoms with Crippen molar-refractivity contribution in [3.63, 3.8) is 0 Å². The molecule has 0 aromatic carbocycles. The Balaban J connectivity index is 2.63. The van der Waals surface area contributed by atoms with Crippen molar-refractivity contribution < 1.29 is 0 Å². The maximum Gasteiger partial charge on any atom is 0.211 e. The van der Waals surface area contributed by atoms with Gasteiger partial charge in [0.25, 0.3) is 0 Å². The van der Waals surface area contributed by atoms with Crippen LogP contribution < -0.4 is 0 Å². The first-order chi connectivity index (χ1) is 2.77. The average molecular weight is 230 g/mol. The number of hydrogen-bond donors (Lipinski definition) is 0. The molecule has 0 nitrogen and oxygen atoms in total.